The average molecular weight is 298 g/mol. The summed E-state index contributed by atoms with van der Waals surface area (Å²) in [5.41, 5.74) is 4.54. The maximum atomic E-state index is 5.68. The van der Waals surface area contributed by atoms with E-state index in [1.54, 1.807) is 0 Å². The zero-order chi connectivity index (χ0) is 14.8. The normalized spacial score (nSPS) is 23.6. The molecule has 0 bridgehead atoms. The second kappa shape index (κ2) is 6.18. The molecule has 0 amide bonds. The van der Waals surface area contributed by atoms with Crippen LogP contribution in [0, 0.1) is 0 Å². The van der Waals surface area contributed by atoms with Crippen LogP contribution < -0.4 is 0 Å². The van der Waals surface area contributed by atoms with Crippen molar-refractivity contribution in [2.75, 3.05) is 13.2 Å². The molecule has 2 aliphatic heterocycles. The molecule has 4 rings (SSSR count). The van der Waals surface area contributed by atoms with Crippen LogP contribution in [0.15, 0.2) is 48.5 Å². The van der Waals surface area contributed by atoms with Gasteiger partial charge in [-0.25, -0.2) is 0 Å². The molecule has 2 aliphatic rings. The first-order valence-corrected chi connectivity index (χ1v) is 7.63. The SMILES string of the molecule is c1ccc2c(c1)CCO[C@@H]2OO[C@@H]1OCCc2ccccc21. The fourth-order valence-corrected chi connectivity index (χ4v) is 2.98. The monoisotopic (exact) mass is 298 g/mol. The van der Waals surface area contributed by atoms with Crippen LogP contribution in [0.1, 0.15) is 34.8 Å². The summed E-state index contributed by atoms with van der Waals surface area (Å²) in [7, 11) is 0. The zero-order valence-corrected chi connectivity index (χ0v) is 12.2. The predicted molar refractivity (Wildman–Crippen MR) is 79.8 cm³/mol. The van der Waals surface area contributed by atoms with Crippen LogP contribution in [0.3, 0.4) is 0 Å². The first kappa shape index (κ1) is 13.9. The highest BCUT2D eigenvalue weighted by molar-refractivity contribution is 5.30. The highest BCUT2D eigenvalue weighted by Gasteiger charge is 2.26. The van der Waals surface area contributed by atoms with Crippen LogP contribution >= 0.6 is 0 Å². The zero-order valence-electron chi connectivity index (χ0n) is 12.2. The van der Waals surface area contributed by atoms with Gasteiger partial charge in [-0.2, -0.15) is 9.78 Å². The molecule has 2 atom stereocenters. The smallest absolute Gasteiger partial charge is 0.217 e. The van der Waals surface area contributed by atoms with Gasteiger partial charge in [0.15, 0.2) is 0 Å². The first-order valence-electron chi connectivity index (χ1n) is 7.63. The number of benzene rings is 2. The van der Waals surface area contributed by atoms with E-state index in [1.165, 1.54) is 11.1 Å². The molecule has 0 spiro atoms. The van der Waals surface area contributed by atoms with Gasteiger partial charge in [0, 0.05) is 11.1 Å². The van der Waals surface area contributed by atoms with Gasteiger partial charge >= 0.3 is 0 Å². The highest BCUT2D eigenvalue weighted by Crippen LogP contribution is 2.32. The molecule has 114 valence electrons. The van der Waals surface area contributed by atoms with Crippen molar-refractivity contribution in [2.45, 2.75) is 25.4 Å². The summed E-state index contributed by atoms with van der Waals surface area (Å²) in [6.45, 7) is 1.26. The summed E-state index contributed by atoms with van der Waals surface area (Å²) in [6.07, 6.45) is 0.808. The van der Waals surface area contributed by atoms with E-state index in [-0.39, 0.29) is 0 Å². The molecule has 0 radical (unpaired) electrons. The Labute approximate surface area is 129 Å². The molecule has 0 aliphatic carbocycles. The molecule has 0 saturated carbocycles. The Kier molecular flexibility index (Phi) is 3.91. The van der Waals surface area contributed by atoms with Crippen LogP contribution in [-0.4, -0.2) is 13.2 Å². The Bertz CT molecular complexity index is 598. The van der Waals surface area contributed by atoms with Gasteiger partial charge in [0.1, 0.15) is 0 Å². The number of fused-ring (bicyclic) bond motifs is 2. The van der Waals surface area contributed by atoms with E-state index in [1.807, 2.05) is 36.4 Å². The molecular weight excluding hydrogens is 280 g/mol. The third-order valence-electron chi connectivity index (χ3n) is 4.13. The molecule has 2 aromatic rings. The largest absolute Gasteiger partial charge is 0.346 e. The van der Waals surface area contributed by atoms with Crippen LogP contribution in [0.4, 0.5) is 0 Å². The summed E-state index contributed by atoms with van der Waals surface area (Å²) in [5, 5.41) is 0. The summed E-state index contributed by atoms with van der Waals surface area (Å²) in [6, 6.07) is 16.2. The van der Waals surface area contributed by atoms with Crippen LogP contribution in [0.25, 0.3) is 0 Å². The van der Waals surface area contributed by atoms with Gasteiger partial charge in [-0.3, -0.25) is 0 Å². The van der Waals surface area contributed by atoms with Gasteiger partial charge < -0.3 is 9.47 Å². The minimum absolute atomic E-state index is 0.498. The Morgan fingerprint density at radius 3 is 1.64 bits per heavy atom. The van der Waals surface area contributed by atoms with E-state index in [4.69, 9.17) is 19.2 Å². The lowest BCUT2D eigenvalue weighted by molar-refractivity contribution is -0.445. The third-order valence-corrected chi connectivity index (χ3v) is 4.13. The summed E-state index contributed by atoms with van der Waals surface area (Å²) in [4.78, 5) is 11.1. The van der Waals surface area contributed by atoms with Crippen LogP contribution in [0.2, 0.25) is 0 Å². The number of hydrogen-bond donors (Lipinski definition) is 0. The number of ether oxygens (including phenoxy) is 2. The number of hydrogen-bond acceptors (Lipinski definition) is 4. The van der Waals surface area contributed by atoms with E-state index in [9.17, 15) is 0 Å². The fourth-order valence-electron chi connectivity index (χ4n) is 2.98. The van der Waals surface area contributed by atoms with Gasteiger partial charge in [-0.1, -0.05) is 48.5 Å². The Morgan fingerprint density at radius 1 is 0.682 bits per heavy atom. The summed E-state index contributed by atoms with van der Waals surface area (Å²) in [5.74, 6) is 0. The van der Waals surface area contributed by atoms with Crippen LogP contribution in [-0.2, 0) is 32.1 Å². The summed E-state index contributed by atoms with van der Waals surface area (Å²) >= 11 is 0. The van der Waals surface area contributed by atoms with E-state index in [2.05, 4.69) is 12.1 Å². The predicted octanol–water partition coefficient (Wildman–Crippen LogP) is 3.48. The van der Waals surface area contributed by atoms with E-state index < -0.39 is 12.6 Å². The van der Waals surface area contributed by atoms with Gasteiger partial charge in [-0.15, -0.1) is 0 Å². The summed E-state index contributed by atoms with van der Waals surface area (Å²) < 4.78 is 11.4. The van der Waals surface area contributed by atoms with Crippen molar-refractivity contribution in [1.29, 1.82) is 0 Å². The van der Waals surface area contributed by atoms with Gasteiger partial charge in [0.2, 0.25) is 12.6 Å². The third kappa shape index (κ3) is 2.66. The van der Waals surface area contributed by atoms with E-state index in [0.29, 0.717) is 13.2 Å². The van der Waals surface area contributed by atoms with Crippen LogP contribution in [0.5, 0.6) is 0 Å². The van der Waals surface area contributed by atoms with Gasteiger partial charge in [-0.05, 0) is 24.0 Å². The van der Waals surface area contributed by atoms with E-state index in [0.717, 1.165) is 24.0 Å². The maximum absolute atomic E-state index is 5.68. The van der Waals surface area contributed by atoms with Crippen molar-refractivity contribution >= 4 is 0 Å². The van der Waals surface area contributed by atoms with E-state index >= 15 is 0 Å². The molecule has 2 aromatic carbocycles. The van der Waals surface area contributed by atoms with Gasteiger partial charge in [0.25, 0.3) is 0 Å². The minimum Gasteiger partial charge on any atom is -0.346 e. The molecule has 0 N–H and O–H groups in total. The standard InChI is InChI=1S/C18H18O4/c1-3-7-15-13(5-1)9-11-19-17(15)21-22-18-16-8-4-2-6-14(16)10-12-20-18/h1-8,17-18H,9-12H2/t17-,18+. The lowest BCUT2D eigenvalue weighted by Gasteiger charge is -2.29. The highest BCUT2D eigenvalue weighted by atomic mass is 17.2. The molecule has 0 fully saturated rings. The van der Waals surface area contributed by atoms with Crippen molar-refractivity contribution in [3.8, 4) is 0 Å². The quantitative estimate of drug-likeness (QED) is 0.642. The Balaban J connectivity index is 1.48. The van der Waals surface area contributed by atoms with Crippen molar-refractivity contribution < 1.29 is 19.2 Å². The first-order chi connectivity index (χ1) is 10.9. The molecule has 2 heterocycles. The second-order valence-electron chi connectivity index (χ2n) is 5.50. The molecule has 0 unspecified atom stereocenters. The minimum atomic E-state index is -0.498. The molecular formula is C18H18O4. The van der Waals surface area contributed by atoms with Crippen molar-refractivity contribution in [3.63, 3.8) is 0 Å². The molecule has 22 heavy (non-hydrogen) atoms. The maximum Gasteiger partial charge on any atom is 0.217 e. The Morgan fingerprint density at radius 2 is 1.14 bits per heavy atom. The Hall–Kier alpha value is -1.72. The second-order valence-corrected chi connectivity index (χ2v) is 5.50. The fraction of sp³-hybridized carbons (Fsp3) is 0.333. The van der Waals surface area contributed by atoms with Crippen molar-refractivity contribution in [1.82, 2.24) is 0 Å². The molecule has 4 heteroatoms. The molecule has 0 aromatic heterocycles. The van der Waals surface area contributed by atoms with Gasteiger partial charge in [0.05, 0.1) is 13.2 Å². The van der Waals surface area contributed by atoms with Crippen molar-refractivity contribution in [3.05, 3.63) is 70.8 Å². The lowest BCUT2D eigenvalue weighted by Crippen LogP contribution is -2.23. The molecule has 0 saturated heterocycles. The average Bonchev–Trinajstić information content (AvgIpc) is 2.60. The lowest BCUT2D eigenvalue weighted by atomic mass is 10.0. The van der Waals surface area contributed by atoms with Crippen molar-refractivity contribution in [2.24, 2.45) is 0 Å². The number of rotatable bonds is 3. The topological polar surface area (TPSA) is 36.9 Å². The molecule has 4 nitrogen and oxygen atoms in total.